The number of hydrogen-bond acceptors (Lipinski definition) is 2. The summed E-state index contributed by atoms with van der Waals surface area (Å²) in [6.45, 7) is 17.2. The quantitative estimate of drug-likeness (QED) is 0.244. The van der Waals surface area contributed by atoms with Gasteiger partial charge in [-0.15, -0.1) is 0 Å². The van der Waals surface area contributed by atoms with Gasteiger partial charge >= 0.3 is 11.9 Å². The standard InChI is InChI=1S/C25H44O4/c1-9-16(2)10-17(3)11-18(4)12-19(5)13-20(6)14-21(7)15-22(8)23(24(26)27)25(28)29/h13-14,16-19,22-23H,9-12,15H2,1-8H3,(H,26,27)(H,28,29). The molecule has 0 aliphatic carbocycles. The number of carboxylic acid groups (broad SMARTS) is 2. The molecule has 0 bridgehead atoms. The summed E-state index contributed by atoms with van der Waals surface area (Å²) in [4.78, 5) is 22.3. The molecule has 0 rings (SSSR count). The molecule has 0 aromatic rings. The summed E-state index contributed by atoms with van der Waals surface area (Å²) >= 11 is 0. The van der Waals surface area contributed by atoms with Crippen LogP contribution in [0.5, 0.6) is 0 Å². The average molecular weight is 409 g/mol. The van der Waals surface area contributed by atoms with Crippen LogP contribution in [0, 0.1) is 35.5 Å². The Balaban J connectivity index is 4.74. The molecular weight excluding hydrogens is 364 g/mol. The second-order valence-electron chi connectivity index (χ2n) is 9.65. The van der Waals surface area contributed by atoms with Crippen molar-refractivity contribution >= 4 is 11.9 Å². The molecule has 4 heteroatoms. The summed E-state index contributed by atoms with van der Waals surface area (Å²) in [7, 11) is 0. The van der Waals surface area contributed by atoms with E-state index in [2.05, 4.69) is 53.7 Å². The second-order valence-corrected chi connectivity index (χ2v) is 9.65. The van der Waals surface area contributed by atoms with Crippen molar-refractivity contribution in [3.05, 3.63) is 23.3 Å². The van der Waals surface area contributed by atoms with Gasteiger partial charge in [-0.25, -0.2) is 0 Å². The van der Waals surface area contributed by atoms with Gasteiger partial charge < -0.3 is 10.2 Å². The van der Waals surface area contributed by atoms with E-state index in [-0.39, 0.29) is 0 Å². The zero-order valence-corrected chi connectivity index (χ0v) is 19.9. The molecule has 0 amide bonds. The summed E-state index contributed by atoms with van der Waals surface area (Å²) < 4.78 is 0. The molecule has 0 aromatic heterocycles. The van der Waals surface area contributed by atoms with Gasteiger partial charge in [0.2, 0.25) is 0 Å². The maximum atomic E-state index is 11.2. The van der Waals surface area contributed by atoms with Crippen LogP contribution in [0.1, 0.15) is 87.5 Å². The number of rotatable bonds is 14. The highest BCUT2D eigenvalue weighted by atomic mass is 16.4. The van der Waals surface area contributed by atoms with Gasteiger partial charge in [0.1, 0.15) is 0 Å². The van der Waals surface area contributed by atoms with Crippen LogP contribution in [-0.4, -0.2) is 22.2 Å². The van der Waals surface area contributed by atoms with Crippen LogP contribution in [-0.2, 0) is 9.59 Å². The summed E-state index contributed by atoms with van der Waals surface area (Å²) in [5.41, 5.74) is 2.17. The average Bonchev–Trinajstić information content (AvgIpc) is 2.52. The van der Waals surface area contributed by atoms with Gasteiger partial charge in [0.05, 0.1) is 0 Å². The van der Waals surface area contributed by atoms with Crippen molar-refractivity contribution in [3.8, 4) is 0 Å². The predicted octanol–water partition coefficient (Wildman–Crippen LogP) is 6.82. The normalized spacial score (nSPS) is 18.2. The Bertz CT molecular complexity index is 561. The Morgan fingerprint density at radius 2 is 1.31 bits per heavy atom. The Kier molecular flexibility index (Phi) is 12.9. The number of aliphatic carboxylic acids is 2. The molecule has 5 unspecified atom stereocenters. The van der Waals surface area contributed by atoms with Crippen LogP contribution in [0.4, 0.5) is 0 Å². The minimum atomic E-state index is -1.36. The zero-order valence-electron chi connectivity index (χ0n) is 19.9. The third kappa shape index (κ3) is 11.9. The Hall–Kier alpha value is -1.58. The van der Waals surface area contributed by atoms with Crippen molar-refractivity contribution in [3.63, 3.8) is 0 Å². The van der Waals surface area contributed by atoms with Crippen molar-refractivity contribution < 1.29 is 19.8 Å². The maximum absolute atomic E-state index is 11.2. The molecule has 0 saturated carbocycles. The Labute approximate surface area is 178 Å². The second kappa shape index (κ2) is 13.6. The van der Waals surface area contributed by atoms with Crippen LogP contribution < -0.4 is 0 Å². The summed E-state index contributed by atoms with van der Waals surface area (Å²) in [5, 5.41) is 18.2. The molecule has 0 aliphatic heterocycles. The van der Waals surface area contributed by atoms with E-state index in [1.54, 1.807) is 6.92 Å². The third-order valence-electron chi connectivity index (χ3n) is 5.85. The molecule has 0 aliphatic rings. The lowest BCUT2D eigenvalue weighted by Crippen LogP contribution is -2.29. The monoisotopic (exact) mass is 408 g/mol. The molecule has 0 saturated heterocycles. The molecule has 0 heterocycles. The van der Waals surface area contributed by atoms with E-state index in [0.29, 0.717) is 18.3 Å². The van der Waals surface area contributed by atoms with Crippen molar-refractivity contribution in [1.29, 1.82) is 0 Å². The van der Waals surface area contributed by atoms with Gasteiger partial charge in [0, 0.05) is 0 Å². The van der Waals surface area contributed by atoms with Crippen molar-refractivity contribution in [2.24, 2.45) is 35.5 Å². The molecule has 168 valence electrons. The largest absolute Gasteiger partial charge is 0.481 e. The number of carbonyl (C=O) groups is 2. The molecule has 0 radical (unpaired) electrons. The molecule has 29 heavy (non-hydrogen) atoms. The fraction of sp³-hybridized carbons (Fsp3) is 0.760. The van der Waals surface area contributed by atoms with Crippen LogP contribution in [0.25, 0.3) is 0 Å². The number of hydrogen-bond donors (Lipinski definition) is 2. The first-order valence-electron chi connectivity index (χ1n) is 11.2. The predicted molar refractivity (Wildman–Crippen MR) is 121 cm³/mol. The van der Waals surface area contributed by atoms with Gasteiger partial charge in [-0.3, -0.25) is 9.59 Å². The summed E-state index contributed by atoms with van der Waals surface area (Å²) in [6.07, 6.45) is 9.77. The first-order chi connectivity index (χ1) is 13.4. The van der Waals surface area contributed by atoms with Gasteiger partial charge in [-0.05, 0) is 69.1 Å². The van der Waals surface area contributed by atoms with Crippen molar-refractivity contribution in [2.45, 2.75) is 87.5 Å². The van der Waals surface area contributed by atoms with Crippen LogP contribution in [0.2, 0.25) is 0 Å². The fourth-order valence-corrected chi connectivity index (χ4v) is 4.60. The van der Waals surface area contributed by atoms with E-state index in [0.717, 1.165) is 29.4 Å². The molecule has 0 spiro atoms. The van der Waals surface area contributed by atoms with Crippen molar-refractivity contribution in [1.82, 2.24) is 0 Å². The van der Waals surface area contributed by atoms with E-state index in [9.17, 15) is 9.59 Å². The highest BCUT2D eigenvalue weighted by Crippen LogP contribution is 2.26. The van der Waals surface area contributed by atoms with Crippen LogP contribution in [0.3, 0.4) is 0 Å². The highest BCUT2D eigenvalue weighted by molar-refractivity contribution is 5.93. The Morgan fingerprint density at radius 1 is 0.828 bits per heavy atom. The maximum Gasteiger partial charge on any atom is 0.318 e. The first kappa shape index (κ1) is 27.4. The highest BCUT2D eigenvalue weighted by Gasteiger charge is 2.31. The molecule has 0 fully saturated rings. The van der Waals surface area contributed by atoms with Crippen molar-refractivity contribution in [2.75, 3.05) is 0 Å². The number of carboxylic acids is 2. The van der Waals surface area contributed by atoms with Gasteiger partial charge in [0.25, 0.3) is 0 Å². The molecule has 4 nitrogen and oxygen atoms in total. The number of allylic oxidation sites excluding steroid dienone is 4. The Morgan fingerprint density at radius 3 is 1.79 bits per heavy atom. The van der Waals surface area contributed by atoms with Gasteiger partial charge in [0.15, 0.2) is 5.92 Å². The van der Waals surface area contributed by atoms with Crippen LogP contribution >= 0.6 is 0 Å². The molecule has 0 aromatic carbocycles. The lowest BCUT2D eigenvalue weighted by atomic mass is 9.84. The fourth-order valence-electron chi connectivity index (χ4n) is 4.60. The van der Waals surface area contributed by atoms with E-state index in [4.69, 9.17) is 10.2 Å². The van der Waals surface area contributed by atoms with E-state index in [1.807, 2.05) is 6.92 Å². The summed E-state index contributed by atoms with van der Waals surface area (Å²) in [5.74, 6) is -1.62. The third-order valence-corrected chi connectivity index (χ3v) is 5.85. The van der Waals surface area contributed by atoms with Gasteiger partial charge in [-0.1, -0.05) is 71.3 Å². The zero-order chi connectivity index (χ0) is 22.7. The topological polar surface area (TPSA) is 74.6 Å². The van der Waals surface area contributed by atoms with E-state index < -0.39 is 23.8 Å². The van der Waals surface area contributed by atoms with E-state index in [1.165, 1.54) is 19.3 Å². The van der Waals surface area contributed by atoms with Crippen LogP contribution in [0.15, 0.2) is 23.3 Å². The van der Waals surface area contributed by atoms with Gasteiger partial charge in [-0.2, -0.15) is 0 Å². The minimum absolute atomic E-state index is 0.446. The molecule has 5 atom stereocenters. The summed E-state index contributed by atoms with van der Waals surface area (Å²) in [6, 6.07) is 0. The lowest BCUT2D eigenvalue weighted by molar-refractivity contribution is -0.156. The first-order valence-corrected chi connectivity index (χ1v) is 11.2. The smallest absolute Gasteiger partial charge is 0.318 e. The molecular formula is C25H44O4. The minimum Gasteiger partial charge on any atom is -0.481 e. The lowest BCUT2D eigenvalue weighted by Gasteiger charge is -2.21. The molecule has 2 N–H and O–H groups in total. The van der Waals surface area contributed by atoms with E-state index >= 15 is 0 Å². The SMILES string of the molecule is CCC(C)CC(C)CC(C)CC(C)C=C(C)C=C(C)CC(C)C(C(=O)O)C(=O)O.